The van der Waals surface area contributed by atoms with Crippen molar-refractivity contribution in [3.8, 4) is 11.5 Å². The van der Waals surface area contributed by atoms with Crippen LogP contribution < -0.4 is 4.74 Å². The standard InChI is InChI=1S/C11H14O3/c1-14-10-7-4-6-9(11(10)13)5-2-3-8-12/h4,6-8,13H,2-3,5H2,1H3. The van der Waals surface area contributed by atoms with Gasteiger partial charge in [-0.3, -0.25) is 0 Å². The fraction of sp³-hybridized carbons (Fsp3) is 0.364. The van der Waals surface area contributed by atoms with Gasteiger partial charge in [0.2, 0.25) is 0 Å². The Morgan fingerprint density at radius 3 is 2.93 bits per heavy atom. The topological polar surface area (TPSA) is 46.5 Å². The van der Waals surface area contributed by atoms with Gasteiger partial charge in [-0.1, -0.05) is 12.1 Å². The molecule has 0 amide bonds. The first kappa shape index (κ1) is 10.6. The molecule has 0 fully saturated rings. The van der Waals surface area contributed by atoms with E-state index in [-0.39, 0.29) is 5.75 Å². The Labute approximate surface area is 83.3 Å². The first-order valence-electron chi connectivity index (χ1n) is 4.58. The lowest BCUT2D eigenvalue weighted by atomic mass is 10.1. The van der Waals surface area contributed by atoms with Gasteiger partial charge in [-0.2, -0.15) is 0 Å². The predicted molar refractivity (Wildman–Crippen MR) is 53.7 cm³/mol. The molecule has 0 spiro atoms. The number of carbonyl (C=O) groups excluding carboxylic acids is 1. The van der Waals surface area contributed by atoms with Crippen LogP contribution in [0.5, 0.6) is 11.5 Å². The largest absolute Gasteiger partial charge is 0.504 e. The van der Waals surface area contributed by atoms with E-state index in [2.05, 4.69) is 0 Å². The van der Waals surface area contributed by atoms with Gasteiger partial charge in [-0.05, 0) is 24.5 Å². The third-order valence-electron chi connectivity index (χ3n) is 2.07. The van der Waals surface area contributed by atoms with Gasteiger partial charge in [0.1, 0.15) is 6.29 Å². The van der Waals surface area contributed by atoms with Gasteiger partial charge in [0.25, 0.3) is 0 Å². The summed E-state index contributed by atoms with van der Waals surface area (Å²) in [7, 11) is 1.52. The second-order valence-electron chi connectivity index (χ2n) is 3.03. The molecule has 76 valence electrons. The minimum absolute atomic E-state index is 0.181. The summed E-state index contributed by atoms with van der Waals surface area (Å²) in [6, 6.07) is 5.37. The van der Waals surface area contributed by atoms with Crippen molar-refractivity contribution in [3.05, 3.63) is 23.8 Å². The average Bonchev–Trinajstić information content (AvgIpc) is 2.21. The molecule has 0 aliphatic heterocycles. The predicted octanol–water partition coefficient (Wildman–Crippen LogP) is 1.92. The Morgan fingerprint density at radius 1 is 1.50 bits per heavy atom. The number of phenolic OH excluding ortho intramolecular Hbond substituents is 1. The number of hydrogen-bond donors (Lipinski definition) is 1. The summed E-state index contributed by atoms with van der Waals surface area (Å²) in [6.07, 6.45) is 2.86. The molecule has 3 nitrogen and oxygen atoms in total. The van der Waals surface area contributed by atoms with Crippen molar-refractivity contribution in [1.82, 2.24) is 0 Å². The normalized spacial score (nSPS) is 9.79. The van der Waals surface area contributed by atoms with E-state index in [0.29, 0.717) is 18.6 Å². The number of ether oxygens (including phenoxy) is 1. The number of aldehydes is 1. The lowest BCUT2D eigenvalue weighted by Crippen LogP contribution is -1.90. The van der Waals surface area contributed by atoms with E-state index in [4.69, 9.17) is 4.74 Å². The molecule has 0 aromatic heterocycles. The number of aromatic hydroxyl groups is 1. The second kappa shape index (κ2) is 5.27. The number of aryl methyl sites for hydroxylation is 1. The second-order valence-corrected chi connectivity index (χ2v) is 3.03. The molecule has 1 aromatic rings. The number of unbranched alkanes of at least 4 members (excludes halogenated alkanes) is 1. The third kappa shape index (κ3) is 2.49. The molecule has 1 aromatic carbocycles. The smallest absolute Gasteiger partial charge is 0.160 e. The summed E-state index contributed by atoms with van der Waals surface area (Å²) in [5, 5.41) is 9.67. The molecule has 0 unspecified atom stereocenters. The molecule has 0 atom stereocenters. The highest BCUT2D eigenvalue weighted by Crippen LogP contribution is 2.30. The Bertz CT molecular complexity index is 307. The Morgan fingerprint density at radius 2 is 2.29 bits per heavy atom. The summed E-state index contributed by atoms with van der Waals surface area (Å²) in [6.45, 7) is 0. The fourth-order valence-electron chi connectivity index (χ4n) is 1.31. The van der Waals surface area contributed by atoms with Crippen molar-refractivity contribution >= 4 is 6.29 Å². The summed E-state index contributed by atoms with van der Waals surface area (Å²) in [5.74, 6) is 0.662. The molecule has 0 saturated carbocycles. The minimum atomic E-state index is 0.181. The zero-order chi connectivity index (χ0) is 10.4. The lowest BCUT2D eigenvalue weighted by molar-refractivity contribution is -0.107. The van der Waals surface area contributed by atoms with Gasteiger partial charge < -0.3 is 14.6 Å². The van der Waals surface area contributed by atoms with E-state index in [1.54, 1.807) is 6.07 Å². The van der Waals surface area contributed by atoms with Gasteiger partial charge in [-0.25, -0.2) is 0 Å². The highest BCUT2D eigenvalue weighted by Gasteiger charge is 2.05. The average molecular weight is 194 g/mol. The molecule has 3 heteroatoms. The van der Waals surface area contributed by atoms with Gasteiger partial charge in [0.05, 0.1) is 7.11 Å². The molecular weight excluding hydrogens is 180 g/mol. The van der Waals surface area contributed by atoms with Crippen LogP contribution in [0.1, 0.15) is 18.4 Å². The molecule has 0 aliphatic rings. The van der Waals surface area contributed by atoms with Crippen LogP contribution in [0, 0.1) is 0 Å². The van der Waals surface area contributed by atoms with Gasteiger partial charge in [0.15, 0.2) is 11.5 Å². The van der Waals surface area contributed by atoms with Crippen molar-refractivity contribution in [2.24, 2.45) is 0 Å². The summed E-state index contributed by atoms with van der Waals surface area (Å²) in [4.78, 5) is 10.1. The number of carbonyl (C=O) groups is 1. The van der Waals surface area contributed by atoms with Crippen molar-refractivity contribution in [2.75, 3.05) is 7.11 Å². The maximum atomic E-state index is 10.1. The first-order chi connectivity index (χ1) is 6.79. The number of hydrogen-bond acceptors (Lipinski definition) is 3. The van der Waals surface area contributed by atoms with Gasteiger partial charge in [0, 0.05) is 6.42 Å². The maximum absolute atomic E-state index is 10.1. The van der Waals surface area contributed by atoms with Gasteiger partial charge >= 0.3 is 0 Å². The van der Waals surface area contributed by atoms with Crippen molar-refractivity contribution in [1.29, 1.82) is 0 Å². The zero-order valence-corrected chi connectivity index (χ0v) is 8.19. The van der Waals surface area contributed by atoms with Crippen LogP contribution >= 0.6 is 0 Å². The summed E-state index contributed by atoms with van der Waals surface area (Å²) in [5.41, 5.74) is 0.825. The SMILES string of the molecule is COc1cccc(CCCC=O)c1O. The van der Waals surface area contributed by atoms with Crippen LogP contribution in [0.4, 0.5) is 0 Å². The minimum Gasteiger partial charge on any atom is -0.504 e. The van der Waals surface area contributed by atoms with Crippen LogP contribution in [0.2, 0.25) is 0 Å². The number of benzene rings is 1. The molecule has 0 radical (unpaired) electrons. The van der Waals surface area contributed by atoms with Gasteiger partial charge in [-0.15, -0.1) is 0 Å². The maximum Gasteiger partial charge on any atom is 0.160 e. The number of phenols is 1. The number of rotatable bonds is 5. The van der Waals surface area contributed by atoms with Crippen LogP contribution in [0.25, 0.3) is 0 Å². The van der Waals surface area contributed by atoms with E-state index >= 15 is 0 Å². The third-order valence-corrected chi connectivity index (χ3v) is 2.07. The molecule has 1 rings (SSSR count). The van der Waals surface area contributed by atoms with Crippen LogP contribution in [0.3, 0.4) is 0 Å². The van der Waals surface area contributed by atoms with Crippen molar-refractivity contribution in [3.63, 3.8) is 0 Å². The highest BCUT2D eigenvalue weighted by molar-refractivity contribution is 5.50. The molecule has 0 saturated heterocycles. The van der Waals surface area contributed by atoms with Crippen LogP contribution in [-0.2, 0) is 11.2 Å². The Balaban J connectivity index is 2.71. The van der Waals surface area contributed by atoms with E-state index < -0.39 is 0 Å². The lowest BCUT2D eigenvalue weighted by Gasteiger charge is -2.07. The van der Waals surface area contributed by atoms with Crippen LogP contribution in [-0.4, -0.2) is 18.5 Å². The van der Waals surface area contributed by atoms with Crippen molar-refractivity contribution in [2.45, 2.75) is 19.3 Å². The summed E-state index contributed by atoms with van der Waals surface area (Å²) < 4.78 is 4.97. The van der Waals surface area contributed by atoms with E-state index in [9.17, 15) is 9.90 Å². The molecule has 1 N–H and O–H groups in total. The fourth-order valence-corrected chi connectivity index (χ4v) is 1.31. The van der Waals surface area contributed by atoms with E-state index in [0.717, 1.165) is 18.3 Å². The Hall–Kier alpha value is -1.51. The highest BCUT2D eigenvalue weighted by atomic mass is 16.5. The van der Waals surface area contributed by atoms with E-state index in [1.807, 2.05) is 12.1 Å². The number of methoxy groups -OCH3 is 1. The van der Waals surface area contributed by atoms with Crippen LogP contribution in [0.15, 0.2) is 18.2 Å². The molecule has 0 aliphatic carbocycles. The zero-order valence-electron chi connectivity index (χ0n) is 8.19. The summed E-state index contributed by atoms with van der Waals surface area (Å²) >= 11 is 0. The quantitative estimate of drug-likeness (QED) is 0.575. The first-order valence-corrected chi connectivity index (χ1v) is 4.58. The number of para-hydroxylation sites is 1. The molecule has 0 heterocycles. The Kier molecular flexibility index (Phi) is 3.98. The van der Waals surface area contributed by atoms with Crippen molar-refractivity contribution < 1.29 is 14.6 Å². The van der Waals surface area contributed by atoms with E-state index in [1.165, 1.54) is 7.11 Å². The molecule has 0 bridgehead atoms. The molecule has 14 heavy (non-hydrogen) atoms. The molecular formula is C11H14O3. The monoisotopic (exact) mass is 194 g/mol.